The lowest BCUT2D eigenvalue weighted by Gasteiger charge is -2.08. The second-order valence-corrected chi connectivity index (χ2v) is 11.0. The molecular weight excluding hydrogens is 500 g/mol. The SMILES string of the molecule is Cc1ccc(-c2nccc3[nH]c(-c4n[nH]c5ccc(-c6cncc(CNCc7ccccc7)c6)cc45)cc23)s1. The molecule has 0 saturated heterocycles. The molecule has 3 N–H and O–H groups in total. The van der Waals surface area contributed by atoms with E-state index in [1.165, 1.54) is 15.3 Å². The molecule has 5 aromatic heterocycles. The summed E-state index contributed by atoms with van der Waals surface area (Å²) in [7, 11) is 0. The van der Waals surface area contributed by atoms with Gasteiger partial charge >= 0.3 is 0 Å². The zero-order valence-corrected chi connectivity index (χ0v) is 22.2. The van der Waals surface area contributed by atoms with Gasteiger partial charge in [-0.1, -0.05) is 36.4 Å². The molecule has 7 heteroatoms. The smallest absolute Gasteiger partial charge is 0.116 e. The summed E-state index contributed by atoms with van der Waals surface area (Å²) in [6.45, 7) is 3.70. The van der Waals surface area contributed by atoms with Crippen molar-refractivity contribution in [1.29, 1.82) is 0 Å². The highest BCUT2D eigenvalue weighted by Gasteiger charge is 2.15. The van der Waals surface area contributed by atoms with Crippen LogP contribution in [-0.2, 0) is 13.1 Å². The maximum atomic E-state index is 4.70. The van der Waals surface area contributed by atoms with Crippen LogP contribution in [0.3, 0.4) is 0 Å². The molecule has 0 bridgehead atoms. The summed E-state index contributed by atoms with van der Waals surface area (Å²) >= 11 is 1.76. The van der Waals surface area contributed by atoms with Gasteiger partial charge in [0.25, 0.3) is 0 Å². The van der Waals surface area contributed by atoms with Crippen molar-refractivity contribution in [3.8, 4) is 33.1 Å². The van der Waals surface area contributed by atoms with E-state index >= 15 is 0 Å². The minimum atomic E-state index is 0.754. The van der Waals surface area contributed by atoms with Gasteiger partial charge in [-0.05, 0) is 66.1 Å². The topological polar surface area (TPSA) is 82.3 Å². The number of pyridine rings is 2. The lowest BCUT2D eigenvalue weighted by molar-refractivity contribution is 0.691. The van der Waals surface area contributed by atoms with Crippen molar-refractivity contribution in [3.63, 3.8) is 0 Å². The van der Waals surface area contributed by atoms with Gasteiger partial charge < -0.3 is 10.3 Å². The summed E-state index contributed by atoms with van der Waals surface area (Å²) in [4.78, 5) is 15.2. The lowest BCUT2D eigenvalue weighted by atomic mass is 10.0. The first-order valence-corrected chi connectivity index (χ1v) is 13.7. The molecule has 0 aliphatic heterocycles. The van der Waals surface area contributed by atoms with Crippen LogP contribution in [0.1, 0.15) is 16.0 Å². The van der Waals surface area contributed by atoms with E-state index in [0.717, 1.165) is 68.7 Å². The maximum absolute atomic E-state index is 4.70. The number of nitrogens with one attached hydrogen (secondary N) is 3. The van der Waals surface area contributed by atoms with Gasteiger partial charge in [-0.3, -0.25) is 15.1 Å². The van der Waals surface area contributed by atoms with Crippen LogP contribution in [-0.4, -0.2) is 25.1 Å². The van der Waals surface area contributed by atoms with Crippen LogP contribution >= 0.6 is 11.3 Å². The average molecular weight is 527 g/mol. The molecule has 6 nitrogen and oxygen atoms in total. The molecule has 5 heterocycles. The van der Waals surface area contributed by atoms with Crippen LogP contribution in [0.15, 0.2) is 97.5 Å². The van der Waals surface area contributed by atoms with Gasteiger partial charge in [0.05, 0.1) is 21.8 Å². The average Bonchev–Trinajstić information content (AvgIpc) is 3.71. The summed E-state index contributed by atoms with van der Waals surface area (Å²) in [5, 5.41) is 13.6. The van der Waals surface area contributed by atoms with Crippen molar-refractivity contribution in [2.45, 2.75) is 20.0 Å². The summed E-state index contributed by atoms with van der Waals surface area (Å²) in [6, 6.07) is 27.5. The Morgan fingerprint density at radius 2 is 1.64 bits per heavy atom. The molecule has 0 aliphatic carbocycles. The molecule has 0 amide bonds. The maximum Gasteiger partial charge on any atom is 0.116 e. The number of aromatic amines is 2. The highest BCUT2D eigenvalue weighted by molar-refractivity contribution is 7.15. The van der Waals surface area contributed by atoms with Gasteiger partial charge in [0.1, 0.15) is 5.69 Å². The summed E-state index contributed by atoms with van der Waals surface area (Å²) in [6.07, 6.45) is 5.71. The fraction of sp³-hybridized carbons (Fsp3) is 0.0938. The van der Waals surface area contributed by atoms with E-state index in [2.05, 4.69) is 99.1 Å². The number of hydrogen-bond acceptors (Lipinski definition) is 5. The van der Waals surface area contributed by atoms with E-state index in [1.54, 1.807) is 11.3 Å². The molecule has 2 aromatic carbocycles. The number of thiophene rings is 1. The van der Waals surface area contributed by atoms with Crippen molar-refractivity contribution >= 4 is 33.1 Å². The molecule has 7 rings (SSSR count). The molecule has 39 heavy (non-hydrogen) atoms. The molecule has 0 aliphatic rings. The Morgan fingerprint density at radius 3 is 2.51 bits per heavy atom. The first kappa shape index (κ1) is 23.5. The third-order valence-corrected chi connectivity index (χ3v) is 7.98. The molecule has 0 atom stereocenters. The Morgan fingerprint density at radius 1 is 0.769 bits per heavy atom. The summed E-state index contributed by atoms with van der Waals surface area (Å²) in [5.74, 6) is 0. The molecule has 7 aromatic rings. The van der Waals surface area contributed by atoms with Gasteiger partial charge in [0, 0.05) is 58.4 Å². The van der Waals surface area contributed by atoms with Crippen LogP contribution in [0.5, 0.6) is 0 Å². The third kappa shape index (κ3) is 4.63. The Labute approximate surface area is 229 Å². The quantitative estimate of drug-likeness (QED) is 0.201. The fourth-order valence-electron chi connectivity index (χ4n) is 5.03. The molecule has 0 unspecified atom stereocenters. The second-order valence-electron chi connectivity index (χ2n) is 9.72. The van der Waals surface area contributed by atoms with Gasteiger partial charge in [0.15, 0.2) is 0 Å². The van der Waals surface area contributed by atoms with Gasteiger partial charge in [-0.15, -0.1) is 11.3 Å². The van der Waals surface area contributed by atoms with Crippen molar-refractivity contribution < 1.29 is 0 Å². The number of H-pyrrole nitrogens is 2. The van der Waals surface area contributed by atoms with Crippen LogP contribution < -0.4 is 5.32 Å². The Hall–Kier alpha value is -4.59. The van der Waals surface area contributed by atoms with Crippen LogP contribution in [0.25, 0.3) is 54.9 Å². The number of hydrogen-bond donors (Lipinski definition) is 3. The van der Waals surface area contributed by atoms with Crippen molar-refractivity contribution in [3.05, 3.63) is 113 Å². The number of aromatic nitrogens is 5. The largest absolute Gasteiger partial charge is 0.353 e. The number of aryl methyl sites for hydroxylation is 1. The summed E-state index contributed by atoms with van der Waals surface area (Å²) in [5.41, 5.74) is 9.51. The van der Waals surface area contributed by atoms with E-state index in [-0.39, 0.29) is 0 Å². The summed E-state index contributed by atoms with van der Waals surface area (Å²) < 4.78 is 0. The molecule has 0 saturated carbocycles. The van der Waals surface area contributed by atoms with Crippen molar-refractivity contribution in [2.75, 3.05) is 0 Å². The van der Waals surface area contributed by atoms with Crippen molar-refractivity contribution in [1.82, 2.24) is 30.5 Å². The molecule has 190 valence electrons. The minimum absolute atomic E-state index is 0.754. The number of rotatable bonds is 7. The van der Waals surface area contributed by atoms with Gasteiger partial charge in [-0.25, -0.2) is 0 Å². The highest BCUT2D eigenvalue weighted by Crippen LogP contribution is 2.36. The lowest BCUT2D eigenvalue weighted by Crippen LogP contribution is -2.12. The van der Waals surface area contributed by atoms with Crippen molar-refractivity contribution in [2.24, 2.45) is 0 Å². The van der Waals surface area contributed by atoms with Crippen LogP contribution in [0, 0.1) is 6.92 Å². The van der Waals surface area contributed by atoms with E-state index in [0.29, 0.717) is 0 Å². The zero-order valence-electron chi connectivity index (χ0n) is 21.4. The predicted molar refractivity (Wildman–Crippen MR) is 159 cm³/mol. The fourth-order valence-corrected chi connectivity index (χ4v) is 5.91. The zero-order chi connectivity index (χ0) is 26.2. The van der Waals surface area contributed by atoms with Crippen LogP contribution in [0.4, 0.5) is 0 Å². The normalized spacial score (nSPS) is 11.5. The number of benzene rings is 2. The Balaban J connectivity index is 1.20. The molecule has 0 spiro atoms. The number of fused-ring (bicyclic) bond motifs is 2. The first-order chi connectivity index (χ1) is 19.2. The Kier molecular flexibility index (Phi) is 6.00. The predicted octanol–water partition coefficient (Wildman–Crippen LogP) is 7.49. The first-order valence-electron chi connectivity index (χ1n) is 12.9. The van der Waals surface area contributed by atoms with E-state index in [4.69, 9.17) is 4.98 Å². The highest BCUT2D eigenvalue weighted by atomic mass is 32.1. The van der Waals surface area contributed by atoms with E-state index < -0.39 is 0 Å². The van der Waals surface area contributed by atoms with E-state index in [1.807, 2.05) is 30.7 Å². The van der Waals surface area contributed by atoms with E-state index in [9.17, 15) is 0 Å². The third-order valence-electron chi connectivity index (χ3n) is 6.97. The van der Waals surface area contributed by atoms with Crippen LogP contribution in [0.2, 0.25) is 0 Å². The molecule has 0 fully saturated rings. The standard InChI is InChI=1S/C32H26N6S/c1-20-7-10-30(39-20)32-26-15-29(36-27(26)11-12-35-32)31-25-14-23(8-9-28(25)37-38-31)24-13-22(18-34-19-24)17-33-16-21-5-3-2-4-6-21/h2-15,18-19,33,36H,16-17H2,1H3,(H,37,38). The van der Waals surface area contributed by atoms with Gasteiger partial charge in [0.2, 0.25) is 0 Å². The monoisotopic (exact) mass is 526 g/mol. The number of nitrogens with zero attached hydrogens (tertiary/aromatic N) is 3. The Bertz CT molecular complexity index is 1910. The molecule has 0 radical (unpaired) electrons. The van der Waals surface area contributed by atoms with Gasteiger partial charge in [-0.2, -0.15) is 5.10 Å². The molecular formula is C32H26N6S. The minimum Gasteiger partial charge on any atom is -0.353 e. The second kappa shape index (κ2) is 9.94.